The maximum Gasteiger partial charge on any atom is 0.325 e. The number of rotatable bonds is 6. The van der Waals surface area contributed by atoms with Gasteiger partial charge >= 0.3 is 6.03 Å². The summed E-state index contributed by atoms with van der Waals surface area (Å²) in [6, 6.07) is 4.84. The summed E-state index contributed by atoms with van der Waals surface area (Å²) < 4.78 is 18.1. The van der Waals surface area contributed by atoms with Crippen molar-refractivity contribution in [3.8, 4) is 5.75 Å². The molecule has 1 aromatic carbocycles. The van der Waals surface area contributed by atoms with Gasteiger partial charge in [0.1, 0.15) is 29.8 Å². The van der Waals surface area contributed by atoms with Gasteiger partial charge in [0.05, 0.1) is 6.54 Å². The zero-order chi connectivity index (χ0) is 17.2. The maximum atomic E-state index is 12.8. The molecule has 0 bridgehead atoms. The normalized spacial score (nSPS) is 22.4. The summed E-state index contributed by atoms with van der Waals surface area (Å²) in [5.74, 6) is -0.422. The molecule has 1 fully saturated rings. The number of aliphatic hydroxyl groups excluding tert-OH is 1. The smallest absolute Gasteiger partial charge is 0.325 e. The zero-order valence-electron chi connectivity index (χ0n) is 13.4. The standard InChI is InChI=1S/C16H21FN2O4/c1-10(2)16(3)14(21)19(15(22)18-16)8-12(20)9-23-13-6-4-11(17)5-7-13/h4-7,10,12,20H,8-9H2,1-3H3,(H,18,22)/t12-,16+/m1/s1. The summed E-state index contributed by atoms with van der Waals surface area (Å²) in [6.45, 7) is 5.08. The molecule has 2 rings (SSSR count). The number of carbonyl (C=O) groups excluding carboxylic acids is 2. The van der Waals surface area contributed by atoms with E-state index in [1.165, 1.54) is 24.3 Å². The molecule has 6 nitrogen and oxygen atoms in total. The number of halogens is 1. The van der Waals surface area contributed by atoms with Gasteiger partial charge in [0.2, 0.25) is 0 Å². The Hall–Kier alpha value is -2.15. The number of imide groups is 1. The van der Waals surface area contributed by atoms with Crippen LogP contribution in [0, 0.1) is 11.7 Å². The van der Waals surface area contributed by atoms with Crippen LogP contribution in [-0.4, -0.2) is 46.7 Å². The third-order valence-corrected chi connectivity index (χ3v) is 4.11. The first-order valence-electron chi connectivity index (χ1n) is 7.44. The van der Waals surface area contributed by atoms with Crippen molar-refractivity contribution in [2.45, 2.75) is 32.4 Å². The first kappa shape index (κ1) is 17.2. The van der Waals surface area contributed by atoms with Crippen LogP contribution in [0.25, 0.3) is 0 Å². The van der Waals surface area contributed by atoms with Gasteiger partial charge in [-0.1, -0.05) is 13.8 Å². The second-order valence-corrected chi connectivity index (χ2v) is 6.12. The number of nitrogens with zero attached hydrogens (tertiary/aromatic N) is 1. The number of hydrogen-bond acceptors (Lipinski definition) is 4. The Morgan fingerprint density at radius 1 is 1.30 bits per heavy atom. The first-order valence-corrected chi connectivity index (χ1v) is 7.44. The van der Waals surface area contributed by atoms with Crippen LogP contribution >= 0.6 is 0 Å². The Morgan fingerprint density at radius 2 is 1.91 bits per heavy atom. The van der Waals surface area contributed by atoms with Gasteiger partial charge in [-0.05, 0) is 37.1 Å². The van der Waals surface area contributed by atoms with Crippen molar-refractivity contribution in [3.63, 3.8) is 0 Å². The molecule has 1 aromatic rings. The average molecular weight is 324 g/mol. The fourth-order valence-corrected chi connectivity index (χ4v) is 2.26. The highest BCUT2D eigenvalue weighted by Crippen LogP contribution is 2.25. The molecule has 2 atom stereocenters. The lowest BCUT2D eigenvalue weighted by Crippen LogP contribution is -2.49. The molecular formula is C16H21FN2O4. The van der Waals surface area contributed by atoms with Crippen LogP contribution in [0.2, 0.25) is 0 Å². The average Bonchev–Trinajstić information content (AvgIpc) is 2.71. The number of carbonyl (C=O) groups is 2. The molecule has 1 aliphatic rings. The van der Waals surface area contributed by atoms with Gasteiger partial charge in [-0.25, -0.2) is 9.18 Å². The topological polar surface area (TPSA) is 78.9 Å². The van der Waals surface area contributed by atoms with E-state index in [0.717, 1.165) is 4.90 Å². The minimum absolute atomic E-state index is 0.0726. The van der Waals surface area contributed by atoms with Crippen molar-refractivity contribution in [2.75, 3.05) is 13.2 Å². The lowest BCUT2D eigenvalue weighted by Gasteiger charge is -2.26. The van der Waals surface area contributed by atoms with E-state index in [9.17, 15) is 19.1 Å². The van der Waals surface area contributed by atoms with Crippen LogP contribution in [0.15, 0.2) is 24.3 Å². The van der Waals surface area contributed by atoms with E-state index >= 15 is 0 Å². The van der Waals surface area contributed by atoms with E-state index in [0.29, 0.717) is 5.75 Å². The van der Waals surface area contributed by atoms with Crippen LogP contribution in [-0.2, 0) is 4.79 Å². The molecule has 1 saturated heterocycles. The Labute approximate surface area is 134 Å². The monoisotopic (exact) mass is 324 g/mol. The first-order chi connectivity index (χ1) is 10.7. The minimum atomic E-state index is -1.04. The van der Waals surface area contributed by atoms with Gasteiger partial charge in [0.15, 0.2) is 0 Å². The summed E-state index contributed by atoms with van der Waals surface area (Å²) >= 11 is 0. The predicted octanol–water partition coefficient (Wildman–Crippen LogP) is 1.53. The van der Waals surface area contributed by atoms with E-state index in [1.54, 1.807) is 6.92 Å². The minimum Gasteiger partial charge on any atom is -0.491 e. The molecule has 2 N–H and O–H groups in total. The van der Waals surface area contributed by atoms with E-state index in [4.69, 9.17) is 4.74 Å². The SMILES string of the molecule is CC(C)[C@]1(C)NC(=O)N(C[C@@H](O)COc2ccc(F)cc2)C1=O. The summed E-state index contributed by atoms with van der Waals surface area (Å²) in [5.41, 5.74) is -0.964. The number of aliphatic hydroxyl groups is 1. The van der Waals surface area contributed by atoms with Crippen molar-refractivity contribution >= 4 is 11.9 Å². The van der Waals surface area contributed by atoms with Gasteiger partial charge in [-0.3, -0.25) is 9.69 Å². The predicted molar refractivity (Wildman–Crippen MR) is 81.4 cm³/mol. The Morgan fingerprint density at radius 3 is 2.43 bits per heavy atom. The highest BCUT2D eigenvalue weighted by atomic mass is 19.1. The highest BCUT2D eigenvalue weighted by Gasteiger charge is 2.49. The Balaban J connectivity index is 1.92. The van der Waals surface area contributed by atoms with Gasteiger partial charge < -0.3 is 15.2 Å². The summed E-state index contributed by atoms with van der Waals surface area (Å²) in [6.07, 6.45) is -1.04. The molecule has 0 aromatic heterocycles. The van der Waals surface area contributed by atoms with Crippen molar-refractivity contribution in [3.05, 3.63) is 30.1 Å². The van der Waals surface area contributed by atoms with Crippen LogP contribution in [0.1, 0.15) is 20.8 Å². The summed E-state index contributed by atoms with van der Waals surface area (Å²) in [7, 11) is 0. The fraction of sp³-hybridized carbons (Fsp3) is 0.500. The summed E-state index contributed by atoms with van der Waals surface area (Å²) in [4.78, 5) is 25.3. The number of ether oxygens (including phenoxy) is 1. The molecular weight excluding hydrogens is 303 g/mol. The molecule has 0 saturated carbocycles. The van der Waals surface area contributed by atoms with E-state index in [1.807, 2.05) is 13.8 Å². The van der Waals surface area contributed by atoms with Crippen molar-refractivity contribution in [1.82, 2.24) is 10.2 Å². The fourth-order valence-electron chi connectivity index (χ4n) is 2.26. The molecule has 0 unspecified atom stereocenters. The third-order valence-electron chi connectivity index (χ3n) is 4.11. The van der Waals surface area contributed by atoms with Crippen LogP contribution in [0.4, 0.5) is 9.18 Å². The highest BCUT2D eigenvalue weighted by molar-refractivity contribution is 6.06. The van der Waals surface area contributed by atoms with Crippen LogP contribution in [0.5, 0.6) is 5.75 Å². The van der Waals surface area contributed by atoms with Crippen molar-refractivity contribution in [1.29, 1.82) is 0 Å². The lowest BCUT2D eigenvalue weighted by molar-refractivity contribution is -0.133. The third kappa shape index (κ3) is 3.61. The Bertz CT molecular complexity index is 590. The van der Waals surface area contributed by atoms with Crippen molar-refractivity contribution < 1.29 is 23.8 Å². The molecule has 3 amide bonds. The molecule has 23 heavy (non-hydrogen) atoms. The largest absolute Gasteiger partial charge is 0.491 e. The molecule has 7 heteroatoms. The van der Waals surface area contributed by atoms with Crippen molar-refractivity contribution in [2.24, 2.45) is 5.92 Å². The molecule has 1 aliphatic heterocycles. The van der Waals surface area contributed by atoms with Crippen LogP contribution in [0.3, 0.4) is 0 Å². The van der Waals surface area contributed by atoms with E-state index < -0.39 is 17.7 Å². The molecule has 0 radical (unpaired) electrons. The summed E-state index contributed by atoms with van der Waals surface area (Å²) in [5, 5.41) is 12.7. The number of nitrogens with one attached hydrogen (secondary N) is 1. The molecule has 0 aliphatic carbocycles. The second-order valence-electron chi connectivity index (χ2n) is 6.12. The number of amides is 3. The number of β-amino-alcohol motifs (C(OH)–C–C–N with tert-alkyl or cyclic N) is 1. The molecule has 126 valence electrons. The maximum absolute atomic E-state index is 12.8. The van der Waals surface area contributed by atoms with Gasteiger partial charge in [-0.2, -0.15) is 0 Å². The Kier molecular flexibility index (Phi) is 4.89. The van der Waals surface area contributed by atoms with Gasteiger partial charge in [0.25, 0.3) is 5.91 Å². The molecule has 1 heterocycles. The quantitative estimate of drug-likeness (QED) is 0.778. The van der Waals surface area contributed by atoms with Gasteiger partial charge in [0, 0.05) is 0 Å². The second kappa shape index (κ2) is 6.54. The number of urea groups is 1. The number of hydrogen-bond donors (Lipinski definition) is 2. The van der Waals surface area contributed by atoms with Gasteiger partial charge in [-0.15, -0.1) is 0 Å². The van der Waals surface area contributed by atoms with E-state index in [2.05, 4.69) is 5.32 Å². The lowest BCUT2D eigenvalue weighted by atomic mass is 9.88. The molecule has 0 spiro atoms. The zero-order valence-corrected chi connectivity index (χ0v) is 13.4. The van der Waals surface area contributed by atoms with Crippen LogP contribution < -0.4 is 10.1 Å². The number of benzene rings is 1. The van der Waals surface area contributed by atoms with E-state index in [-0.39, 0.29) is 30.8 Å².